The van der Waals surface area contributed by atoms with Crippen molar-refractivity contribution in [1.29, 1.82) is 0 Å². The molecule has 0 radical (unpaired) electrons. The van der Waals surface area contributed by atoms with Crippen LogP contribution < -0.4 is 4.90 Å². The van der Waals surface area contributed by atoms with Crippen molar-refractivity contribution < 1.29 is 9.21 Å². The second-order valence-electron chi connectivity index (χ2n) is 4.42. The molecule has 1 aromatic heterocycles. The number of carbonyl (C=O) groups excluding carboxylic acids is 1. The number of amides is 1. The highest BCUT2D eigenvalue weighted by atomic mass is 35.5. The lowest BCUT2D eigenvalue weighted by atomic mass is 10.2. The summed E-state index contributed by atoms with van der Waals surface area (Å²) in [7, 11) is 0. The SMILES string of the molecule is CCc1nc2cc(N3CC(Cl)CC3=O)ccc2o1. The minimum absolute atomic E-state index is 0.0635. The molecule has 1 fully saturated rings. The van der Waals surface area contributed by atoms with Crippen molar-refractivity contribution in [2.45, 2.75) is 25.1 Å². The molecule has 18 heavy (non-hydrogen) atoms. The summed E-state index contributed by atoms with van der Waals surface area (Å²) in [6.07, 6.45) is 1.16. The number of anilines is 1. The van der Waals surface area contributed by atoms with Gasteiger partial charge >= 0.3 is 0 Å². The second-order valence-corrected chi connectivity index (χ2v) is 5.04. The fourth-order valence-electron chi connectivity index (χ4n) is 2.20. The minimum Gasteiger partial charge on any atom is -0.441 e. The highest BCUT2D eigenvalue weighted by molar-refractivity contribution is 6.24. The Morgan fingerprint density at radius 2 is 2.39 bits per heavy atom. The summed E-state index contributed by atoms with van der Waals surface area (Å²) in [6, 6.07) is 5.61. The van der Waals surface area contributed by atoms with Crippen molar-refractivity contribution in [3.8, 4) is 0 Å². The molecule has 1 aliphatic heterocycles. The van der Waals surface area contributed by atoms with Crippen LogP contribution in [0.2, 0.25) is 0 Å². The summed E-state index contributed by atoms with van der Waals surface area (Å²) in [4.78, 5) is 17.9. The highest BCUT2D eigenvalue weighted by Gasteiger charge is 2.29. The van der Waals surface area contributed by atoms with Gasteiger partial charge in [-0.2, -0.15) is 0 Å². The number of benzene rings is 1. The van der Waals surface area contributed by atoms with E-state index in [0.29, 0.717) is 18.9 Å². The number of oxazole rings is 1. The monoisotopic (exact) mass is 264 g/mol. The third-order valence-electron chi connectivity index (χ3n) is 3.11. The van der Waals surface area contributed by atoms with Crippen LogP contribution in [-0.4, -0.2) is 22.8 Å². The van der Waals surface area contributed by atoms with Gasteiger partial charge in [0.2, 0.25) is 5.91 Å². The Labute approximate surface area is 110 Å². The molecule has 2 aromatic rings. The van der Waals surface area contributed by atoms with Crippen LogP contribution in [0.3, 0.4) is 0 Å². The molecule has 3 rings (SSSR count). The average Bonchev–Trinajstić information content (AvgIpc) is 2.90. The third-order valence-corrected chi connectivity index (χ3v) is 3.40. The summed E-state index contributed by atoms with van der Waals surface area (Å²) in [6.45, 7) is 2.55. The molecule has 1 atom stereocenters. The standard InChI is InChI=1S/C13H13ClN2O2/c1-2-12-15-10-6-9(3-4-11(10)18-12)16-7-8(14)5-13(16)17/h3-4,6,8H,2,5,7H2,1H3. The summed E-state index contributed by atoms with van der Waals surface area (Å²) >= 11 is 6.00. The van der Waals surface area contributed by atoms with Gasteiger partial charge in [0.1, 0.15) is 5.52 Å². The largest absolute Gasteiger partial charge is 0.441 e. The van der Waals surface area contributed by atoms with E-state index in [2.05, 4.69) is 4.98 Å². The topological polar surface area (TPSA) is 46.3 Å². The second kappa shape index (κ2) is 4.28. The number of aryl methyl sites for hydroxylation is 1. The zero-order valence-corrected chi connectivity index (χ0v) is 10.8. The van der Waals surface area contributed by atoms with Crippen molar-refractivity contribution in [2.75, 3.05) is 11.4 Å². The lowest BCUT2D eigenvalue weighted by Crippen LogP contribution is -2.24. The number of hydrogen-bond acceptors (Lipinski definition) is 3. The molecule has 1 unspecified atom stereocenters. The van der Waals surface area contributed by atoms with Gasteiger partial charge in [0.05, 0.1) is 5.38 Å². The van der Waals surface area contributed by atoms with E-state index in [4.69, 9.17) is 16.0 Å². The van der Waals surface area contributed by atoms with E-state index in [-0.39, 0.29) is 11.3 Å². The number of fused-ring (bicyclic) bond motifs is 1. The lowest BCUT2D eigenvalue weighted by Gasteiger charge is -2.15. The molecule has 5 heteroatoms. The maximum Gasteiger partial charge on any atom is 0.228 e. The van der Waals surface area contributed by atoms with Crippen LogP contribution in [-0.2, 0) is 11.2 Å². The first-order valence-corrected chi connectivity index (χ1v) is 6.45. The molecule has 2 heterocycles. The first-order chi connectivity index (χ1) is 8.67. The summed E-state index contributed by atoms with van der Waals surface area (Å²) < 4.78 is 5.54. The Bertz CT molecular complexity index is 608. The zero-order chi connectivity index (χ0) is 12.7. The minimum atomic E-state index is -0.100. The summed E-state index contributed by atoms with van der Waals surface area (Å²) in [5, 5.41) is -0.100. The van der Waals surface area contributed by atoms with Gasteiger partial charge in [-0.15, -0.1) is 11.6 Å². The number of carbonyl (C=O) groups is 1. The highest BCUT2D eigenvalue weighted by Crippen LogP contribution is 2.27. The van der Waals surface area contributed by atoms with E-state index < -0.39 is 0 Å². The van der Waals surface area contributed by atoms with Crippen LogP contribution >= 0.6 is 11.6 Å². The molecule has 0 aliphatic carbocycles. The molecule has 1 amide bonds. The number of aromatic nitrogens is 1. The predicted octanol–water partition coefficient (Wildman–Crippen LogP) is 2.73. The molecule has 1 saturated heterocycles. The average molecular weight is 265 g/mol. The van der Waals surface area contributed by atoms with Gasteiger partial charge in [-0.05, 0) is 18.2 Å². The Balaban J connectivity index is 2.00. The first kappa shape index (κ1) is 11.5. The molecule has 0 N–H and O–H groups in total. The van der Waals surface area contributed by atoms with Gasteiger partial charge in [-0.1, -0.05) is 6.92 Å². The Morgan fingerprint density at radius 1 is 1.56 bits per heavy atom. The number of nitrogens with zero attached hydrogens (tertiary/aromatic N) is 2. The third kappa shape index (κ3) is 1.86. The van der Waals surface area contributed by atoms with E-state index in [0.717, 1.165) is 23.2 Å². The van der Waals surface area contributed by atoms with Crippen LogP contribution in [0.5, 0.6) is 0 Å². The molecule has 1 aliphatic rings. The van der Waals surface area contributed by atoms with Gasteiger partial charge in [0.15, 0.2) is 11.5 Å². The van der Waals surface area contributed by atoms with E-state index in [1.807, 2.05) is 25.1 Å². The van der Waals surface area contributed by atoms with Crippen molar-refractivity contribution in [3.63, 3.8) is 0 Å². The van der Waals surface area contributed by atoms with Crippen molar-refractivity contribution in [3.05, 3.63) is 24.1 Å². The molecule has 0 spiro atoms. The number of hydrogen-bond donors (Lipinski definition) is 0. The molecule has 0 bridgehead atoms. The molecule has 94 valence electrons. The van der Waals surface area contributed by atoms with Gasteiger partial charge in [0.25, 0.3) is 0 Å². The zero-order valence-electron chi connectivity index (χ0n) is 10.0. The van der Waals surface area contributed by atoms with E-state index >= 15 is 0 Å². The van der Waals surface area contributed by atoms with Crippen molar-refractivity contribution in [1.82, 2.24) is 4.98 Å². The molecular weight excluding hydrogens is 252 g/mol. The van der Waals surface area contributed by atoms with Crippen LogP contribution in [0, 0.1) is 0 Å². The van der Waals surface area contributed by atoms with Crippen LogP contribution in [0.1, 0.15) is 19.2 Å². The summed E-state index contributed by atoms with van der Waals surface area (Å²) in [5.74, 6) is 0.777. The van der Waals surface area contributed by atoms with Gasteiger partial charge < -0.3 is 9.32 Å². The number of halogens is 1. The van der Waals surface area contributed by atoms with Gasteiger partial charge in [-0.3, -0.25) is 4.79 Å². The van der Waals surface area contributed by atoms with Crippen molar-refractivity contribution >= 4 is 34.3 Å². The number of rotatable bonds is 2. The molecular formula is C13H13ClN2O2. The van der Waals surface area contributed by atoms with Gasteiger partial charge in [-0.25, -0.2) is 4.98 Å². The van der Waals surface area contributed by atoms with E-state index in [9.17, 15) is 4.79 Å². The molecule has 0 saturated carbocycles. The maximum atomic E-state index is 11.8. The van der Waals surface area contributed by atoms with Crippen LogP contribution in [0.25, 0.3) is 11.1 Å². The predicted molar refractivity (Wildman–Crippen MR) is 70.0 cm³/mol. The van der Waals surface area contributed by atoms with E-state index in [1.165, 1.54) is 0 Å². The van der Waals surface area contributed by atoms with Gasteiger partial charge in [0, 0.05) is 25.1 Å². The Kier molecular flexibility index (Phi) is 2.74. The quantitative estimate of drug-likeness (QED) is 0.784. The summed E-state index contributed by atoms with van der Waals surface area (Å²) in [5.41, 5.74) is 2.38. The molecule has 1 aromatic carbocycles. The number of alkyl halides is 1. The van der Waals surface area contributed by atoms with Crippen molar-refractivity contribution in [2.24, 2.45) is 0 Å². The van der Waals surface area contributed by atoms with Crippen LogP contribution in [0.15, 0.2) is 22.6 Å². The maximum absolute atomic E-state index is 11.8. The Hall–Kier alpha value is -1.55. The smallest absolute Gasteiger partial charge is 0.228 e. The fourth-order valence-corrected chi connectivity index (χ4v) is 2.47. The normalized spacial score (nSPS) is 20.0. The first-order valence-electron chi connectivity index (χ1n) is 6.01. The fraction of sp³-hybridized carbons (Fsp3) is 0.385. The van der Waals surface area contributed by atoms with E-state index in [1.54, 1.807) is 4.90 Å². The molecule has 4 nitrogen and oxygen atoms in total. The lowest BCUT2D eigenvalue weighted by molar-refractivity contribution is -0.117. The van der Waals surface area contributed by atoms with Crippen LogP contribution in [0.4, 0.5) is 5.69 Å². The Morgan fingerprint density at radius 3 is 3.06 bits per heavy atom.